The van der Waals surface area contributed by atoms with E-state index < -0.39 is 0 Å². The van der Waals surface area contributed by atoms with Gasteiger partial charge in [0.05, 0.1) is 17.8 Å². The molecule has 28 heavy (non-hydrogen) atoms. The fourth-order valence-electron chi connectivity index (χ4n) is 3.16. The van der Waals surface area contributed by atoms with E-state index in [9.17, 15) is 9.59 Å². The lowest BCUT2D eigenvalue weighted by Crippen LogP contribution is -2.37. The third-order valence-electron chi connectivity index (χ3n) is 4.77. The molecule has 0 radical (unpaired) electrons. The first kappa shape index (κ1) is 17.7. The van der Waals surface area contributed by atoms with Crippen LogP contribution < -0.4 is 15.5 Å². The number of amides is 2. The van der Waals surface area contributed by atoms with Crippen LogP contribution in [-0.2, 0) is 4.79 Å². The number of nitrogens with one attached hydrogen (secondary N) is 2. The molecule has 0 bridgehead atoms. The van der Waals surface area contributed by atoms with Crippen LogP contribution in [0.15, 0.2) is 60.8 Å². The van der Waals surface area contributed by atoms with Crippen LogP contribution in [0.5, 0.6) is 0 Å². The molecule has 2 aromatic carbocycles. The molecule has 140 valence electrons. The van der Waals surface area contributed by atoms with E-state index in [4.69, 9.17) is 0 Å². The molecule has 0 saturated carbocycles. The molecule has 2 heterocycles. The first-order valence-electron chi connectivity index (χ1n) is 9.00. The number of carbonyl (C=O) groups is 2. The number of benzene rings is 2. The zero-order chi connectivity index (χ0) is 19.7. The SMILES string of the molecule is Cc1cccc(-c2ccc(NC(=O)c3cnc4c(c3)N(C)C(=O)CN4)cc2)c1. The maximum Gasteiger partial charge on any atom is 0.257 e. The van der Waals surface area contributed by atoms with Gasteiger partial charge in [0.2, 0.25) is 5.91 Å². The molecule has 2 N–H and O–H groups in total. The summed E-state index contributed by atoms with van der Waals surface area (Å²) in [5, 5.41) is 5.83. The van der Waals surface area contributed by atoms with E-state index in [1.807, 2.05) is 30.3 Å². The molecule has 3 aromatic rings. The van der Waals surface area contributed by atoms with E-state index >= 15 is 0 Å². The lowest BCUT2D eigenvalue weighted by molar-refractivity contribution is -0.116. The molecular weight excluding hydrogens is 352 g/mol. The van der Waals surface area contributed by atoms with Crippen LogP contribution in [-0.4, -0.2) is 30.4 Å². The van der Waals surface area contributed by atoms with Crippen molar-refractivity contribution in [3.63, 3.8) is 0 Å². The quantitative estimate of drug-likeness (QED) is 0.735. The van der Waals surface area contributed by atoms with E-state index in [1.165, 1.54) is 16.7 Å². The fraction of sp³-hybridized carbons (Fsp3) is 0.136. The molecule has 0 unspecified atom stereocenters. The number of aryl methyl sites for hydroxylation is 1. The number of anilines is 3. The third kappa shape index (κ3) is 3.44. The van der Waals surface area contributed by atoms with Gasteiger partial charge in [0.25, 0.3) is 5.91 Å². The summed E-state index contributed by atoms with van der Waals surface area (Å²) >= 11 is 0. The number of hydrogen-bond acceptors (Lipinski definition) is 4. The summed E-state index contributed by atoms with van der Waals surface area (Å²) in [6.07, 6.45) is 1.51. The molecule has 2 amide bonds. The predicted octanol–water partition coefficient (Wildman–Crippen LogP) is 3.70. The number of aromatic nitrogens is 1. The summed E-state index contributed by atoms with van der Waals surface area (Å²) in [6, 6.07) is 17.6. The fourth-order valence-corrected chi connectivity index (χ4v) is 3.16. The highest BCUT2D eigenvalue weighted by Crippen LogP contribution is 2.27. The van der Waals surface area contributed by atoms with Crippen LogP contribution in [0.25, 0.3) is 11.1 Å². The molecule has 6 nitrogen and oxygen atoms in total. The molecular formula is C22H20N4O2. The van der Waals surface area contributed by atoms with E-state index in [2.05, 4.69) is 40.7 Å². The smallest absolute Gasteiger partial charge is 0.257 e. The van der Waals surface area contributed by atoms with E-state index in [1.54, 1.807) is 13.1 Å². The summed E-state index contributed by atoms with van der Waals surface area (Å²) in [7, 11) is 1.68. The molecule has 1 aliphatic rings. The number of nitrogens with zero attached hydrogens (tertiary/aromatic N) is 2. The Bertz CT molecular complexity index is 1060. The molecule has 1 aliphatic heterocycles. The number of rotatable bonds is 3. The number of pyridine rings is 1. The van der Waals surface area contributed by atoms with Gasteiger partial charge in [-0.2, -0.15) is 0 Å². The average Bonchev–Trinajstić information content (AvgIpc) is 2.71. The Labute approximate surface area is 163 Å². The number of hydrogen-bond donors (Lipinski definition) is 2. The summed E-state index contributed by atoms with van der Waals surface area (Å²) in [4.78, 5) is 30.2. The largest absolute Gasteiger partial charge is 0.359 e. The highest BCUT2D eigenvalue weighted by molar-refractivity contribution is 6.07. The standard InChI is InChI=1S/C22H20N4O2/c1-14-4-3-5-16(10-14)15-6-8-18(9-7-15)25-22(28)17-11-19-21(23-12-17)24-13-20(27)26(19)2/h3-12H,13H2,1-2H3,(H,23,24)(H,25,28). The van der Waals surface area contributed by atoms with Crippen molar-refractivity contribution in [1.82, 2.24) is 4.98 Å². The summed E-state index contributed by atoms with van der Waals surface area (Å²) < 4.78 is 0. The maximum absolute atomic E-state index is 12.6. The minimum absolute atomic E-state index is 0.0707. The van der Waals surface area contributed by atoms with Gasteiger partial charge in [-0.1, -0.05) is 42.0 Å². The Morgan fingerprint density at radius 3 is 2.64 bits per heavy atom. The lowest BCUT2D eigenvalue weighted by Gasteiger charge is -2.26. The monoisotopic (exact) mass is 372 g/mol. The van der Waals surface area contributed by atoms with Crippen LogP contribution in [0, 0.1) is 6.92 Å². The maximum atomic E-state index is 12.6. The molecule has 0 saturated heterocycles. The van der Waals surface area contributed by atoms with E-state index in [-0.39, 0.29) is 18.4 Å². The van der Waals surface area contributed by atoms with Gasteiger partial charge in [-0.05, 0) is 36.2 Å². The van der Waals surface area contributed by atoms with Gasteiger partial charge < -0.3 is 15.5 Å². The Morgan fingerprint density at radius 1 is 1.11 bits per heavy atom. The van der Waals surface area contributed by atoms with Gasteiger partial charge in [0.1, 0.15) is 5.82 Å². The van der Waals surface area contributed by atoms with Crippen molar-refractivity contribution in [2.75, 3.05) is 29.1 Å². The van der Waals surface area contributed by atoms with Crippen LogP contribution in [0.1, 0.15) is 15.9 Å². The second-order valence-electron chi connectivity index (χ2n) is 6.80. The molecule has 0 fully saturated rings. The highest BCUT2D eigenvalue weighted by atomic mass is 16.2. The van der Waals surface area contributed by atoms with Crippen LogP contribution >= 0.6 is 0 Å². The van der Waals surface area contributed by atoms with Crippen molar-refractivity contribution in [3.8, 4) is 11.1 Å². The predicted molar refractivity (Wildman–Crippen MR) is 111 cm³/mol. The zero-order valence-electron chi connectivity index (χ0n) is 15.7. The normalized spacial score (nSPS) is 12.9. The Kier molecular flexibility index (Phi) is 4.53. The zero-order valence-corrected chi connectivity index (χ0v) is 15.7. The average molecular weight is 372 g/mol. The highest BCUT2D eigenvalue weighted by Gasteiger charge is 2.22. The summed E-state index contributed by atoms with van der Waals surface area (Å²) in [5.41, 5.74) is 5.11. The van der Waals surface area contributed by atoms with E-state index in [0.717, 1.165) is 11.1 Å². The summed E-state index contributed by atoms with van der Waals surface area (Å²) in [5.74, 6) is 0.254. The molecule has 0 atom stereocenters. The topological polar surface area (TPSA) is 74.3 Å². The first-order valence-corrected chi connectivity index (χ1v) is 9.00. The van der Waals surface area contributed by atoms with Crippen molar-refractivity contribution < 1.29 is 9.59 Å². The van der Waals surface area contributed by atoms with E-state index in [0.29, 0.717) is 22.8 Å². The summed E-state index contributed by atoms with van der Waals surface area (Å²) in [6.45, 7) is 2.26. The van der Waals surface area contributed by atoms with Gasteiger partial charge in [0, 0.05) is 18.9 Å². The van der Waals surface area contributed by atoms with Crippen molar-refractivity contribution in [1.29, 1.82) is 0 Å². The minimum Gasteiger partial charge on any atom is -0.359 e. The minimum atomic E-state index is -0.273. The van der Waals surface area contributed by atoms with Crippen molar-refractivity contribution >= 4 is 29.0 Å². The van der Waals surface area contributed by atoms with Gasteiger partial charge in [-0.15, -0.1) is 0 Å². The van der Waals surface area contributed by atoms with Crippen LogP contribution in [0.2, 0.25) is 0 Å². The van der Waals surface area contributed by atoms with Crippen molar-refractivity contribution in [2.24, 2.45) is 0 Å². The van der Waals surface area contributed by atoms with Gasteiger partial charge in [-0.3, -0.25) is 9.59 Å². The second-order valence-corrected chi connectivity index (χ2v) is 6.80. The van der Waals surface area contributed by atoms with Gasteiger partial charge in [0.15, 0.2) is 0 Å². The van der Waals surface area contributed by atoms with Crippen LogP contribution in [0.3, 0.4) is 0 Å². The van der Waals surface area contributed by atoms with Crippen molar-refractivity contribution in [3.05, 3.63) is 71.9 Å². The lowest BCUT2D eigenvalue weighted by atomic mass is 10.0. The van der Waals surface area contributed by atoms with Gasteiger partial charge in [-0.25, -0.2) is 4.98 Å². The number of fused-ring (bicyclic) bond motifs is 1. The Balaban J connectivity index is 1.52. The van der Waals surface area contributed by atoms with Gasteiger partial charge >= 0.3 is 0 Å². The number of carbonyl (C=O) groups excluding carboxylic acids is 2. The van der Waals surface area contributed by atoms with Crippen LogP contribution in [0.4, 0.5) is 17.2 Å². The molecule has 6 heteroatoms. The molecule has 0 spiro atoms. The third-order valence-corrected chi connectivity index (χ3v) is 4.77. The number of likely N-dealkylation sites (N-methyl/N-ethyl adjacent to an activating group) is 1. The Hall–Kier alpha value is -3.67. The molecule has 0 aliphatic carbocycles. The molecule has 1 aromatic heterocycles. The Morgan fingerprint density at radius 2 is 1.89 bits per heavy atom. The second kappa shape index (κ2) is 7.15. The van der Waals surface area contributed by atoms with Crippen molar-refractivity contribution in [2.45, 2.75) is 6.92 Å². The first-order chi connectivity index (χ1) is 13.5. The molecule has 4 rings (SSSR count).